The Kier molecular flexibility index (Phi) is 10.1. The van der Waals surface area contributed by atoms with Crippen molar-refractivity contribution >= 4 is 11.6 Å². The zero-order valence-electron chi connectivity index (χ0n) is 19.7. The first kappa shape index (κ1) is 24.7. The summed E-state index contributed by atoms with van der Waals surface area (Å²) in [6.07, 6.45) is 5.29. The number of piperidine rings is 1. The lowest BCUT2D eigenvalue weighted by atomic mass is 9.93. The fourth-order valence-corrected chi connectivity index (χ4v) is 4.19. The van der Waals surface area contributed by atoms with Crippen LogP contribution in [0.15, 0.2) is 24.3 Å². The Morgan fingerprint density at radius 3 is 2.63 bits per heavy atom. The lowest BCUT2D eigenvalue weighted by Crippen LogP contribution is -2.44. The Morgan fingerprint density at radius 2 is 2.00 bits per heavy atom. The van der Waals surface area contributed by atoms with E-state index in [2.05, 4.69) is 37.9 Å². The molecule has 1 aliphatic heterocycles. The SMILES string of the molecule is CCCO[C@@](C)(CC(C)C)C(=O)Nc1ccc(OCCCN2CCC[C@@H](C)C2)cc1. The van der Waals surface area contributed by atoms with Gasteiger partial charge in [-0.1, -0.05) is 27.7 Å². The van der Waals surface area contributed by atoms with Gasteiger partial charge in [-0.2, -0.15) is 0 Å². The van der Waals surface area contributed by atoms with E-state index in [-0.39, 0.29) is 5.91 Å². The molecule has 1 fully saturated rings. The number of ether oxygens (including phenoxy) is 2. The topological polar surface area (TPSA) is 50.8 Å². The second kappa shape index (κ2) is 12.3. The summed E-state index contributed by atoms with van der Waals surface area (Å²) in [5.74, 6) is 1.94. The Hall–Kier alpha value is -1.59. The third-order valence-electron chi connectivity index (χ3n) is 5.64. The number of hydrogen-bond donors (Lipinski definition) is 1. The molecule has 170 valence electrons. The van der Waals surface area contributed by atoms with Crippen molar-refractivity contribution in [1.82, 2.24) is 4.90 Å². The Morgan fingerprint density at radius 1 is 1.27 bits per heavy atom. The molecular formula is C25H42N2O3. The quantitative estimate of drug-likeness (QED) is 0.465. The largest absolute Gasteiger partial charge is 0.494 e. The van der Waals surface area contributed by atoms with Crippen molar-refractivity contribution in [2.24, 2.45) is 11.8 Å². The third-order valence-corrected chi connectivity index (χ3v) is 5.64. The number of benzene rings is 1. The summed E-state index contributed by atoms with van der Waals surface area (Å²) in [4.78, 5) is 15.4. The summed E-state index contributed by atoms with van der Waals surface area (Å²) >= 11 is 0. The monoisotopic (exact) mass is 418 g/mol. The number of likely N-dealkylation sites (tertiary alicyclic amines) is 1. The molecule has 5 nitrogen and oxygen atoms in total. The van der Waals surface area contributed by atoms with Crippen molar-refractivity contribution in [3.05, 3.63) is 24.3 Å². The molecule has 2 atom stereocenters. The van der Waals surface area contributed by atoms with Gasteiger partial charge in [-0.25, -0.2) is 0 Å². The standard InChI is InChI=1S/C25H42N2O3/c1-6-16-30-25(5,18-20(2)3)24(28)26-22-10-12-23(13-11-22)29-17-8-15-27-14-7-9-21(4)19-27/h10-13,20-21H,6-9,14-19H2,1-5H3,(H,26,28)/t21-,25+/m1/s1. The summed E-state index contributed by atoms with van der Waals surface area (Å²) in [5.41, 5.74) is -0.0459. The number of nitrogens with zero attached hydrogens (tertiary/aromatic N) is 1. The molecule has 5 heteroatoms. The van der Waals surface area contributed by atoms with Crippen LogP contribution < -0.4 is 10.1 Å². The number of carbonyl (C=O) groups is 1. The van der Waals surface area contributed by atoms with Gasteiger partial charge in [0.25, 0.3) is 5.91 Å². The molecular weight excluding hydrogens is 376 g/mol. The van der Waals surface area contributed by atoms with Gasteiger partial charge in [0.1, 0.15) is 11.4 Å². The predicted octanol–water partition coefficient (Wildman–Crippen LogP) is 5.36. The smallest absolute Gasteiger partial charge is 0.256 e. The first-order valence-electron chi connectivity index (χ1n) is 11.7. The van der Waals surface area contributed by atoms with Gasteiger partial charge in [-0.3, -0.25) is 4.79 Å². The van der Waals surface area contributed by atoms with E-state index in [0.29, 0.717) is 25.6 Å². The number of hydrogen-bond acceptors (Lipinski definition) is 4. The molecule has 0 radical (unpaired) electrons. The number of anilines is 1. The van der Waals surface area contributed by atoms with Gasteiger partial charge in [-0.15, -0.1) is 0 Å². The molecule has 2 rings (SSSR count). The molecule has 0 saturated carbocycles. The van der Waals surface area contributed by atoms with Crippen LogP contribution in [0.3, 0.4) is 0 Å². The van der Waals surface area contributed by atoms with E-state index in [9.17, 15) is 4.79 Å². The van der Waals surface area contributed by atoms with Gasteiger partial charge >= 0.3 is 0 Å². The van der Waals surface area contributed by atoms with E-state index in [1.54, 1.807) is 0 Å². The van der Waals surface area contributed by atoms with Crippen molar-refractivity contribution < 1.29 is 14.3 Å². The molecule has 0 aromatic heterocycles. The molecule has 0 spiro atoms. The Labute approximate surface area is 183 Å². The number of carbonyl (C=O) groups excluding carboxylic acids is 1. The summed E-state index contributed by atoms with van der Waals surface area (Å²) in [5, 5.41) is 3.01. The summed E-state index contributed by atoms with van der Waals surface area (Å²) in [7, 11) is 0. The zero-order chi connectivity index (χ0) is 22.0. The number of nitrogens with one attached hydrogen (secondary N) is 1. The van der Waals surface area contributed by atoms with Crippen LogP contribution in [0.1, 0.15) is 66.7 Å². The van der Waals surface area contributed by atoms with Crippen molar-refractivity contribution in [2.45, 2.75) is 72.3 Å². The van der Waals surface area contributed by atoms with E-state index in [1.807, 2.05) is 31.2 Å². The molecule has 1 N–H and O–H groups in total. The lowest BCUT2D eigenvalue weighted by Gasteiger charge is -2.30. The van der Waals surface area contributed by atoms with Gasteiger partial charge < -0.3 is 19.7 Å². The highest BCUT2D eigenvalue weighted by Crippen LogP contribution is 2.25. The van der Waals surface area contributed by atoms with Crippen LogP contribution >= 0.6 is 0 Å². The van der Waals surface area contributed by atoms with Gasteiger partial charge in [0.15, 0.2) is 0 Å². The maximum absolute atomic E-state index is 12.9. The second-order valence-corrected chi connectivity index (χ2v) is 9.41. The highest BCUT2D eigenvalue weighted by atomic mass is 16.5. The van der Waals surface area contributed by atoms with Crippen molar-refractivity contribution in [1.29, 1.82) is 0 Å². The fourth-order valence-electron chi connectivity index (χ4n) is 4.19. The molecule has 0 bridgehead atoms. The second-order valence-electron chi connectivity index (χ2n) is 9.41. The predicted molar refractivity (Wildman–Crippen MR) is 124 cm³/mol. The summed E-state index contributed by atoms with van der Waals surface area (Å²) < 4.78 is 11.8. The normalized spacial score (nSPS) is 19.5. The molecule has 0 unspecified atom stereocenters. The van der Waals surface area contributed by atoms with Crippen LogP contribution in [-0.4, -0.2) is 49.3 Å². The molecule has 1 aromatic rings. The van der Waals surface area contributed by atoms with Crippen LogP contribution in [0.5, 0.6) is 5.75 Å². The molecule has 1 aromatic carbocycles. The average Bonchev–Trinajstić information content (AvgIpc) is 2.70. The summed E-state index contributed by atoms with van der Waals surface area (Å²) in [6.45, 7) is 15.3. The highest BCUT2D eigenvalue weighted by molar-refractivity contribution is 5.97. The van der Waals surface area contributed by atoms with E-state index in [4.69, 9.17) is 9.47 Å². The van der Waals surface area contributed by atoms with Crippen LogP contribution in [0.25, 0.3) is 0 Å². The Balaban J connectivity index is 1.79. The average molecular weight is 419 g/mol. The Bertz CT molecular complexity index is 632. The minimum absolute atomic E-state index is 0.0888. The molecule has 1 saturated heterocycles. The minimum atomic E-state index is -0.814. The van der Waals surface area contributed by atoms with Crippen LogP contribution in [0.2, 0.25) is 0 Å². The van der Waals surface area contributed by atoms with Crippen molar-refractivity contribution in [3.63, 3.8) is 0 Å². The maximum atomic E-state index is 12.9. The first-order valence-corrected chi connectivity index (χ1v) is 11.7. The number of amides is 1. The molecule has 1 aliphatic rings. The zero-order valence-corrected chi connectivity index (χ0v) is 19.7. The van der Waals surface area contributed by atoms with Crippen LogP contribution in [0.4, 0.5) is 5.69 Å². The first-order chi connectivity index (χ1) is 14.3. The minimum Gasteiger partial charge on any atom is -0.494 e. The fraction of sp³-hybridized carbons (Fsp3) is 0.720. The highest BCUT2D eigenvalue weighted by Gasteiger charge is 2.34. The van der Waals surface area contributed by atoms with Gasteiger partial charge in [0, 0.05) is 25.4 Å². The van der Waals surface area contributed by atoms with Crippen LogP contribution in [0, 0.1) is 11.8 Å². The van der Waals surface area contributed by atoms with E-state index >= 15 is 0 Å². The van der Waals surface area contributed by atoms with Gasteiger partial charge in [0.05, 0.1) is 6.61 Å². The van der Waals surface area contributed by atoms with Crippen LogP contribution in [-0.2, 0) is 9.53 Å². The van der Waals surface area contributed by atoms with Gasteiger partial charge in [0.2, 0.25) is 0 Å². The van der Waals surface area contributed by atoms with Crippen molar-refractivity contribution in [2.75, 3.05) is 38.2 Å². The third kappa shape index (κ3) is 8.27. The molecule has 0 aliphatic carbocycles. The van der Waals surface area contributed by atoms with E-state index < -0.39 is 5.60 Å². The molecule has 30 heavy (non-hydrogen) atoms. The van der Waals surface area contributed by atoms with E-state index in [0.717, 1.165) is 36.7 Å². The summed E-state index contributed by atoms with van der Waals surface area (Å²) in [6, 6.07) is 7.64. The molecule has 1 heterocycles. The number of rotatable bonds is 12. The van der Waals surface area contributed by atoms with E-state index in [1.165, 1.54) is 25.9 Å². The molecule has 1 amide bonds. The van der Waals surface area contributed by atoms with Crippen molar-refractivity contribution in [3.8, 4) is 5.75 Å². The van der Waals surface area contributed by atoms with Gasteiger partial charge in [-0.05, 0) is 81.7 Å². The maximum Gasteiger partial charge on any atom is 0.256 e. The lowest BCUT2D eigenvalue weighted by molar-refractivity contribution is -0.141.